The van der Waals surface area contributed by atoms with E-state index < -0.39 is 6.03 Å². The van der Waals surface area contributed by atoms with Crippen molar-refractivity contribution in [1.82, 2.24) is 9.88 Å². The average molecular weight is 528 g/mol. The number of pyridine rings is 1. The average Bonchev–Trinajstić information content (AvgIpc) is 2.95. The van der Waals surface area contributed by atoms with Gasteiger partial charge >= 0.3 is 6.03 Å². The summed E-state index contributed by atoms with van der Waals surface area (Å²) < 4.78 is 25.1. The molecule has 8 nitrogen and oxygen atoms in total. The standard InChI is InChI=1S/C30H30FN5O3/c1-4-36(5-2)17-6-18-38-29-20-26-25(19-27(29)32-3)28(15-16-33-26)39-24-13-11-23(12-14-24)35-30(37)34-22-9-7-21(31)8-10-22/h7-16,19-20H,4-6,17-18H2,1-2H3,(H2,34,35,37). The number of fused-ring (bicyclic) bond motifs is 1. The molecular weight excluding hydrogens is 497 g/mol. The van der Waals surface area contributed by atoms with Gasteiger partial charge in [-0.15, -0.1) is 0 Å². The zero-order valence-corrected chi connectivity index (χ0v) is 21.9. The lowest BCUT2D eigenvalue weighted by molar-refractivity contribution is 0.250. The molecule has 0 aliphatic heterocycles. The van der Waals surface area contributed by atoms with Gasteiger partial charge in [0.1, 0.15) is 23.1 Å². The largest absolute Gasteiger partial charge is 0.504 e. The highest BCUT2D eigenvalue weighted by Gasteiger charge is 2.12. The summed E-state index contributed by atoms with van der Waals surface area (Å²) in [5.41, 5.74) is 2.09. The van der Waals surface area contributed by atoms with Crippen molar-refractivity contribution >= 4 is 34.0 Å². The van der Waals surface area contributed by atoms with Crippen LogP contribution in [0.3, 0.4) is 0 Å². The third kappa shape index (κ3) is 7.43. The number of nitrogens with one attached hydrogen (secondary N) is 2. The Morgan fingerprint density at radius 2 is 1.64 bits per heavy atom. The summed E-state index contributed by atoms with van der Waals surface area (Å²) in [6.07, 6.45) is 2.52. The molecule has 9 heteroatoms. The van der Waals surface area contributed by atoms with Crippen LogP contribution in [0.5, 0.6) is 17.2 Å². The van der Waals surface area contributed by atoms with Crippen LogP contribution >= 0.6 is 0 Å². The minimum absolute atomic E-state index is 0.376. The smallest absolute Gasteiger partial charge is 0.323 e. The Bertz CT molecular complexity index is 1450. The summed E-state index contributed by atoms with van der Waals surface area (Å²) in [5, 5.41) is 6.06. The highest BCUT2D eigenvalue weighted by Crippen LogP contribution is 2.37. The van der Waals surface area contributed by atoms with Gasteiger partial charge in [0.05, 0.1) is 18.7 Å². The number of benzene rings is 3. The number of hydrogen-bond donors (Lipinski definition) is 2. The van der Waals surface area contributed by atoms with Gasteiger partial charge in [-0.2, -0.15) is 0 Å². The maximum Gasteiger partial charge on any atom is 0.323 e. The zero-order valence-electron chi connectivity index (χ0n) is 21.9. The van der Waals surface area contributed by atoms with Crippen LogP contribution in [0.25, 0.3) is 15.7 Å². The molecule has 3 aromatic carbocycles. The third-order valence-electron chi connectivity index (χ3n) is 6.12. The predicted molar refractivity (Wildman–Crippen MR) is 151 cm³/mol. The van der Waals surface area contributed by atoms with E-state index in [9.17, 15) is 9.18 Å². The molecule has 0 radical (unpaired) electrons. The van der Waals surface area contributed by atoms with E-state index in [0.29, 0.717) is 51.8 Å². The Balaban J connectivity index is 1.41. The van der Waals surface area contributed by atoms with Gasteiger partial charge in [0.2, 0.25) is 5.69 Å². The molecule has 0 unspecified atom stereocenters. The predicted octanol–water partition coefficient (Wildman–Crippen LogP) is 7.47. The number of halogens is 1. The summed E-state index contributed by atoms with van der Waals surface area (Å²) in [6, 6.07) is 17.2. The molecule has 0 fully saturated rings. The molecule has 0 aliphatic carbocycles. The first-order chi connectivity index (χ1) is 19.0. The van der Waals surface area contributed by atoms with E-state index >= 15 is 0 Å². The molecule has 0 saturated carbocycles. The van der Waals surface area contributed by atoms with E-state index in [1.807, 2.05) is 0 Å². The van der Waals surface area contributed by atoms with E-state index in [2.05, 4.69) is 39.2 Å². The number of hydrogen-bond acceptors (Lipinski definition) is 5. The summed E-state index contributed by atoms with van der Waals surface area (Å²) in [5.74, 6) is 1.23. The van der Waals surface area contributed by atoms with Crippen LogP contribution in [0.4, 0.5) is 26.2 Å². The molecule has 4 rings (SSSR count). The Kier molecular flexibility index (Phi) is 9.27. The van der Waals surface area contributed by atoms with Crippen LogP contribution in [0.2, 0.25) is 0 Å². The van der Waals surface area contributed by atoms with Crippen molar-refractivity contribution in [3.8, 4) is 17.2 Å². The number of amides is 2. The van der Waals surface area contributed by atoms with Crippen molar-refractivity contribution in [3.63, 3.8) is 0 Å². The van der Waals surface area contributed by atoms with Crippen LogP contribution in [0, 0.1) is 12.4 Å². The van der Waals surface area contributed by atoms with Gasteiger partial charge in [0, 0.05) is 29.5 Å². The van der Waals surface area contributed by atoms with E-state index in [1.54, 1.807) is 48.7 Å². The van der Waals surface area contributed by atoms with Crippen molar-refractivity contribution in [3.05, 3.63) is 90.2 Å². The summed E-state index contributed by atoms with van der Waals surface area (Å²) in [7, 11) is 0. The number of nitrogens with zero attached hydrogens (tertiary/aromatic N) is 3. The first-order valence-electron chi connectivity index (χ1n) is 12.8. The monoisotopic (exact) mass is 527 g/mol. The Morgan fingerprint density at radius 1 is 0.974 bits per heavy atom. The maximum absolute atomic E-state index is 13.0. The van der Waals surface area contributed by atoms with Crippen LogP contribution in [0.1, 0.15) is 20.3 Å². The van der Waals surface area contributed by atoms with Crippen molar-refractivity contribution in [1.29, 1.82) is 0 Å². The van der Waals surface area contributed by atoms with Gasteiger partial charge in [-0.25, -0.2) is 14.0 Å². The number of rotatable bonds is 11. The minimum Gasteiger partial charge on any atom is -0.504 e. The molecule has 0 bridgehead atoms. The molecule has 1 aromatic heterocycles. The highest BCUT2D eigenvalue weighted by molar-refractivity contribution is 5.99. The molecule has 0 atom stereocenters. The van der Waals surface area contributed by atoms with E-state index in [1.165, 1.54) is 24.3 Å². The van der Waals surface area contributed by atoms with Crippen molar-refractivity contribution < 1.29 is 18.7 Å². The summed E-state index contributed by atoms with van der Waals surface area (Å²) >= 11 is 0. The zero-order chi connectivity index (χ0) is 27.6. The first-order valence-corrected chi connectivity index (χ1v) is 12.8. The lowest BCUT2D eigenvalue weighted by atomic mass is 10.1. The first kappa shape index (κ1) is 27.4. The Morgan fingerprint density at radius 3 is 2.28 bits per heavy atom. The van der Waals surface area contributed by atoms with Crippen molar-refractivity contribution in [2.45, 2.75) is 20.3 Å². The van der Waals surface area contributed by atoms with Crippen molar-refractivity contribution in [2.24, 2.45) is 0 Å². The molecule has 1 heterocycles. The molecule has 0 spiro atoms. The maximum atomic E-state index is 13.0. The Labute approximate surface area is 227 Å². The number of urea groups is 1. The van der Waals surface area contributed by atoms with E-state index in [0.717, 1.165) is 26.1 Å². The SMILES string of the molecule is [C-]#[N+]c1cc2c(Oc3ccc(NC(=O)Nc4ccc(F)cc4)cc3)ccnc2cc1OCCCN(CC)CC. The second-order valence-electron chi connectivity index (χ2n) is 8.70. The fourth-order valence-corrected chi connectivity index (χ4v) is 4.00. The number of carbonyl (C=O) groups excluding carboxylic acids is 1. The Hall–Kier alpha value is -4.68. The number of anilines is 2. The molecule has 2 N–H and O–H groups in total. The summed E-state index contributed by atoms with van der Waals surface area (Å²) in [6.45, 7) is 15.4. The van der Waals surface area contributed by atoms with Crippen LogP contribution in [-0.2, 0) is 0 Å². The van der Waals surface area contributed by atoms with Gasteiger partial charge in [-0.3, -0.25) is 4.98 Å². The van der Waals surface area contributed by atoms with Gasteiger partial charge in [0.15, 0.2) is 0 Å². The second-order valence-corrected chi connectivity index (χ2v) is 8.70. The molecular formula is C30H30FN5O3. The number of aromatic nitrogens is 1. The number of ether oxygens (including phenoxy) is 2. The third-order valence-corrected chi connectivity index (χ3v) is 6.12. The van der Waals surface area contributed by atoms with Gasteiger partial charge in [0.25, 0.3) is 0 Å². The topological polar surface area (TPSA) is 80.1 Å². The van der Waals surface area contributed by atoms with Crippen LogP contribution < -0.4 is 20.1 Å². The van der Waals surface area contributed by atoms with E-state index in [-0.39, 0.29) is 5.82 Å². The summed E-state index contributed by atoms with van der Waals surface area (Å²) in [4.78, 5) is 22.7. The molecule has 39 heavy (non-hydrogen) atoms. The van der Waals surface area contributed by atoms with Crippen LogP contribution in [-0.4, -0.2) is 42.2 Å². The molecule has 0 aliphatic rings. The molecule has 200 valence electrons. The fourth-order valence-electron chi connectivity index (χ4n) is 4.00. The fraction of sp³-hybridized carbons (Fsp3) is 0.233. The van der Waals surface area contributed by atoms with Crippen molar-refractivity contribution in [2.75, 3.05) is 36.9 Å². The van der Waals surface area contributed by atoms with Gasteiger partial charge < -0.3 is 25.0 Å². The molecule has 0 saturated heterocycles. The second kappa shape index (κ2) is 13.2. The lowest BCUT2D eigenvalue weighted by Crippen LogP contribution is -2.25. The van der Waals surface area contributed by atoms with Gasteiger partial charge in [-0.1, -0.05) is 13.8 Å². The minimum atomic E-state index is -0.451. The lowest BCUT2D eigenvalue weighted by Gasteiger charge is -2.18. The van der Waals surface area contributed by atoms with E-state index in [4.69, 9.17) is 16.0 Å². The number of carbonyl (C=O) groups is 1. The molecule has 4 aromatic rings. The van der Waals surface area contributed by atoms with Gasteiger partial charge in [-0.05, 0) is 86.2 Å². The normalized spacial score (nSPS) is 10.7. The highest BCUT2D eigenvalue weighted by atomic mass is 19.1. The quantitative estimate of drug-likeness (QED) is 0.156. The van der Waals surface area contributed by atoms with Crippen LogP contribution in [0.15, 0.2) is 72.9 Å². The molecule has 2 amide bonds.